The standard InChI is InChI=1S/C23H16N2O3/c26-22(17-10-4-1-5-11-17)20-16-21(25(24-20)19-14-8-3-9-15-19)28-23(27)18-12-6-2-7-13-18/h1-16H. The molecule has 0 aliphatic carbocycles. The van der Waals surface area contributed by atoms with Gasteiger partial charge in [-0.3, -0.25) is 4.79 Å². The maximum atomic E-state index is 12.8. The van der Waals surface area contributed by atoms with Gasteiger partial charge in [0.1, 0.15) is 5.69 Å². The Morgan fingerprint density at radius 2 is 1.25 bits per heavy atom. The van der Waals surface area contributed by atoms with E-state index in [-0.39, 0.29) is 17.4 Å². The van der Waals surface area contributed by atoms with E-state index in [1.807, 2.05) is 42.5 Å². The summed E-state index contributed by atoms with van der Waals surface area (Å²) in [6, 6.07) is 28.2. The van der Waals surface area contributed by atoms with Crippen molar-refractivity contribution in [1.29, 1.82) is 0 Å². The summed E-state index contributed by atoms with van der Waals surface area (Å²) in [4.78, 5) is 25.3. The van der Waals surface area contributed by atoms with Crippen molar-refractivity contribution < 1.29 is 14.3 Å². The second-order valence-corrected chi connectivity index (χ2v) is 6.07. The Morgan fingerprint density at radius 3 is 1.86 bits per heavy atom. The predicted octanol–water partition coefficient (Wildman–Crippen LogP) is 4.32. The quantitative estimate of drug-likeness (QED) is 0.389. The highest BCUT2D eigenvalue weighted by atomic mass is 16.5. The minimum Gasteiger partial charge on any atom is -0.404 e. The molecule has 3 aromatic carbocycles. The Kier molecular flexibility index (Phi) is 4.80. The predicted molar refractivity (Wildman–Crippen MR) is 105 cm³/mol. The number of esters is 1. The maximum absolute atomic E-state index is 12.8. The van der Waals surface area contributed by atoms with Gasteiger partial charge >= 0.3 is 5.97 Å². The molecule has 0 unspecified atom stereocenters. The summed E-state index contributed by atoms with van der Waals surface area (Å²) < 4.78 is 7.02. The fourth-order valence-corrected chi connectivity index (χ4v) is 2.77. The van der Waals surface area contributed by atoms with Crippen molar-refractivity contribution in [2.24, 2.45) is 0 Å². The monoisotopic (exact) mass is 368 g/mol. The van der Waals surface area contributed by atoms with Crippen LogP contribution in [0.4, 0.5) is 0 Å². The zero-order valence-electron chi connectivity index (χ0n) is 14.9. The fraction of sp³-hybridized carbons (Fsp3) is 0. The number of carbonyl (C=O) groups is 2. The number of rotatable bonds is 5. The SMILES string of the molecule is O=C(Oc1cc(C(=O)c2ccccc2)nn1-c1ccccc1)c1ccccc1. The molecule has 5 nitrogen and oxygen atoms in total. The van der Waals surface area contributed by atoms with E-state index in [4.69, 9.17) is 4.74 Å². The number of benzene rings is 3. The van der Waals surface area contributed by atoms with E-state index in [1.54, 1.807) is 48.5 Å². The molecule has 0 saturated heterocycles. The average Bonchev–Trinajstić information content (AvgIpc) is 3.18. The summed E-state index contributed by atoms with van der Waals surface area (Å²) in [7, 11) is 0. The first kappa shape index (κ1) is 17.4. The zero-order valence-corrected chi connectivity index (χ0v) is 14.9. The van der Waals surface area contributed by atoms with Crippen molar-refractivity contribution >= 4 is 11.8 Å². The van der Waals surface area contributed by atoms with Crippen LogP contribution >= 0.6 is 0 Å². The highest BCUT2D eigenvalue weighted by Gasteiger charge is 2.20. The van der Waals surface area contributed by atoms with E-state index in [0.29, 0.717) is 16.8 Å². The summed E-state index contributed by atoms with van der Waals surface area (Å²) in [5.74, 6) is -0.581. The third kappa shape index (κ3) is 3.59. The largest absolute Gasteiger partial charge is 0.404 e. The molecule has 4 aromatic rings. The van der Waals surface area contributed by atoms with Crippen LogP contribution in [0.25, 0.3) is 5.69 Å². The normalized spacial score (nSPS) is 10.4. The molecule has 0 aliphatic heterocycles. The molecule has 0 amide bonds. The van der Waals surface area contributed by atoms with Gasteiger partial charge in [0.25, 0.3) is 0 Å². The van der Waals surface area contributed by atoms with Gasteiger partial charge in [0, 0.05) is 11.6 Å². The molecule has 0 fully saturated rings. The fourth-order valence-electron chi connectivity index (χ4n) is 2.77. The van der Waals surface area contributed by atoms with Crippen LogP contribution in [0.5, 0.6) is 5.88 Å². The first-order valence-corrected chi connectivity index (χ1v) is 8.75. The van der Waals surface area contributed by atoms with Gasteiger partial charge in [-0.25, -0.2) is 4.79 Å². The number of hydrogen-bond donors (Lipinski definition) is 0. The molecule has 0 atom stereocenters. The minimum atomic E-state index is -0.517. The van der Waals surface area contributed by atoms with Crippen LogP contribution in [0.1, 0.15) is 26.4 Å². The van der Waals surface area contributed by atoms with Gasteiger partial charge in [-0.2, -0.15) is 9.78 Å². The molecular weight excluding hydrogens is 352 g/mol. The van der Waals surface area contributed by atoms with E-state index in [1.165, 1.54) is 10.7 Å². The number of nitrogens with zero attached hydrogens (tertiary/aromatic N) is 2. The number of hydrogen-bond acceptors (Lipinski definition) is 4. The Balaban J connectivity index is 1.73. The third-order valence-corrected chi connectivity index (χ3v) is 4.15. The lowest BCUT2D eigenvalue weighted by molar-refractivity contribution is 0.0722. The highest BCUT2D eigenvalue weighted by molar-refractivity contribution is 6.08. The van der Waals surface area contributed by atoms with Crippen LogP contribution < -0.4 is 4.74 Å². The third-order valence-electron chi connectivity index (χ3n) is 4.15. The summed E-state index contributed by atoms with van der Waals surface area (Å²) >= 11 is 0. The molecule has 0 N–H and O–H groups in total. The van der Waals surface area contributed by atoms with Gasteiger partial charge in [-0.1, -0.05) is 66.7 Å². The van der Waals surface area contributed by atoms with Crippen molar-refractivity contribution in [3.05, 3.63) is 114 Å². The van der Waals surface area contributed by atoms with Gasteiger partial charge in [0.2, 0.25) is 11.7 Å². The molecule has 0 spiro atoms. The summed E-state index contributed by atoms with van der Waals surface area (Å²) in [5, 5.41) is 4.39. The first-order chi connectivity index (χ1) is 13.7. The molecule has 1 heterocycles. The molecule has 28 heavy (non-hydrogen) atoms. The summed E-state index contributed by atoms with van der Waals surface area (Å²) in [5.41, 5.74) is 1.82. The topological polar surface area (TPSA) is 61.2 Å². The zero-order chi connectivity index (χ0) is 19.3. The Bertz CT molecular complexity index is 1100. The van der Waals surface area contributed by atoms with E-state index in [9.17, 15) is 9.59 Å². The lowest BCUT2D eigenvalue weighted by Gasteiger charge is -2.07. The summed E-state index contributed by atoms with van der Waals surface area (Å²) in [6.45, 7) is 0. The van der Waals surface area contributed by atoms with Crippen molar-refractivity contribution in [2.75, 3.05) is 0 Å². The van der Waals surface area contributed by atoms with Gasteiger partial charge in [-0.15, -0.1) is 0 Å². The van der Waals surface area contributed by atoms with E-state index in [2.05, 4.69) is 5.10 Å². The van der Waals surface area contributed by atoms with E-state index >= 15 is 0 Å². The molecule has 0 aliphatic rings. The second-order valence-electron chi connectivity index (χ2n) is 6.07. The molecule has 136 valence electrons. The van der Waals surface area contributed by atoms with Crippen molar-refractivity contribution in [3.63, 3.8) is 0 Å². The Morgan fingerprint density at radius 1 is 0.714 bits per heavy atom. The maximum Gasteiger partial charge on any atom is 0.344 e. The molecule has 0 bridgehead atoms. The lowest BCUT2D eigenvalue weighted by atomic mass is 10.1. The molecule has 0 radical (unpaired) electrons. The molecular formula is C23H16N2O3. The first-order valence-electron chi connectivity index (χ1n) is 8.75. The lowest BCUT2D eigenvalue weighted by Crippen LogP contribution is -2.11. The van der Waals surface area contributed by atoms with Crippen LogP contribution in [-0.2, 0) is 0 Å². The average molecular weight is 368 g/mol. The highest BCUT2D eigenvalue weighted by Crippen LogP contribution is 2.22. The van der Waals surface area contributed by atoms with Crippen LogP contribution in [0, 0.1) is 0 Å². The number of ketones is 1. The number of aromatic nitrogens is 2. The van der Waals surface area contributed by atoms with E-state index < -0.39 is 5.97 Å². The van der Waals surface area contributed by atoms with Crippen molar-refractivity contribution in [3.8, 4) is 11.6 Å². The number of carbonyl (C=O) groups excluding carboxylic acids is 2. The Labute approximate surface area is 161 Å². The van der Waals surface area contributed by atoms with Gasteiger partial charge in [-0.05, 0) is 24.3 Å². The number of para-hydroxylation sites is 1. The van der Waals surface area contributed by atoms with E-state index in [0.717, 1.165) is 0 Å². The van der Waals surface area contributed by atoms with Crippen LogP contribution in [0.2, 0.25) is 0 Å². The molecule has 4 rings (SSSR count). The smallest absolute Gasteiger partial charge is 0.344 e. The van der Waals surface area contributed by atoms with Gasteiger partial charge < -0.3 is 4.74 Å². The molecule has 0 saturated carbocycles. The van der Waals surface area contributed by atoms with Gasteiger partial charge in [0.05, 0.1) is 11.3 Å². The van der Waals surface area contributed by atoms with Crippen molar-refractivity contribution in [1.82, 2.24) is 9.78 Å². The van der Waals surface area contributed by atoms with Gasteiger partial charge in [0.15, 0.2) is 0 Å². The van der Waals surface area contributed by atoms with Crippen LogP contribution in [0.15, 0.2) is 97.1 Å². The Hall–Kier alpha value is -3.99. The second kappa shape index (κ2) is 7.72. The molecule has 5 heteroatoms. The summed E-state index contributed by atoms with van der Waals surface area (Å²) in [6.07, 6.45) is 0. The molecule has 1 aromatic heterocycles. The van der Waals surface area contributed by atoms with Crippen LogP contribution in [0.3, 0.4) is 0 Å². The number of ether oxygens (including phenoxy) is 1. The van der Waals surface area contributed by atoms with Crippen molar-refractivity contribution in [2.45, 2.75) is 0 Å². The van der Waals surface area contributed by atoms with Crippen LogP contribution in [-0.4, -0.2) is 21.5 Å². The minimum absolute atomic E-state index is 0.180.